The third kappa shape index (κ3) is 7.05. The Morgan fingerprint density at radius 1 is 1.00 bits per heavy atom. The Hall–Kier alpha value is -2.89. The number of likely N-dealkylation sites (tertiary alicyclic amines) is 1. The molecule has 0 saturated carbocycles. The van der Waals surface area contributed by atoms with Gasteiger partial charge >= 0.3 is 0 Å². The highest BCUT2D eigenvalue weighted by molar-refractivity contribution is 6.30. The molecular formula is C28H32ClN3O2. The summed E-state index contributed by atoms with van der Waals surface area (Å²) in [7, 11) is 0. The zero-order valence-electron chi connectivity index (χ0n) is 19.4. The van der Waals surface area contributed by atoms with Crippen LogP contribution in [0.2, 0.25) is 5.02 Å². The summed E-state index contributed by atoms with van der Waals surface area (Å²) in [5.41, 5.74) is 1.81. The van der Waals surface area contributed by atoms with Crippen molar-refractivity contribution in [1.82, 2.24) is 15.2 Å². The quantitative estimate of drug-likeness (QED) is 0.391. The highest BCUT2D eigenvalue weighted by Crippen LogP contribution is 2.25. The smallest absolute Gasteiger partial charge is 0.224 e. The Labute approximate surface area is 207 Å². The highest BCUT2D eigenvalue weighted by Gasteiger charge is 2.27. The molecule has 2 aromatic carbocycles. The number of pyridine rings is 1. The van der Waals surface area contributed by atoms with Crippen LogP contribution in [0.4, 0.5) is 0 Å². The first-order valence-corrected chi connectivity index (χ1v) is 12.4. The van der Waals surface area contributed by atoms with Crippen LogP contribution < -0.4 is 10.1 Å². The van der Waals surface area contributed by atoms with Crippen molar-refractivity contribution in [3.63, 3.8) is 0 Å². The van der Waals surface area contributed by atoms with Gasteiger partial charge in [-0.15, -0.1) is 0 Å². The normalized spacial score (nSPS) is 15.6. The van der Waals surface area contributed by atoms with Gasteiger partial charge in [0.25, 0.3) is 0 Å². The monoisotopic (exact) mass is 477 g/mol. The van der Waals surface area contributed by atoms with Crippen LogP contribution in [-0.4, -0.2) is 42.0 Å². The number of benzene rings is 2. The molecule has 1 aliphatic rings. The van der Waals surface area contributed by atoms with Gasteiger partial charge in [-0.05, 0) is 87.3 Å². The van der Waals surface area contributed by atoms with E-state index in [1.807, 2.05) is 72.8 Å². The molecular weight excluding hydrogens is 446 g/mol. The summed E-state index contributed by atoms with van der Waals surface area (Å²) in [6, 6.07) is 23.0. The third-order valence-corrected chi connectivity index (χ3v) is 6.56. The van der Waals surface area contributed by atoms with E-state index in [1.165, 1.54) is 0 Å². The summed E-state index contributed by atoms with van der Waals surface area (Å²) in [5.74, 6) is 1.05. The van der Waals surface area contributed by atoms with Crippen LogP contribution in [0.3, 0.4) is 0 Å². The van der Waals surface area contributed by atoms with Crippen LogP contribution in [0.5, 0.6) is 5.75 Å². The van der Waals surface area contributed by atoms with Gasteiger partial charge in [-0.2, -0.15) is 0 Å². The van der Waals surface area contributed by atoms with E-state index in [1.54, 1.807) is 6.20 Å². The van der Waals surface area contributed by atoms with Crippen molar-refractivity contribution >= 4 is 17.5 Å². The van der Waals surface area contributed by atoms with Crippen LogP contribution in [0.15, 0.2) is 79.0 Å². The lowest BCUT2D eigenvalue weighted by Gasteiger charge is -2.32. The number of unbranched alkanes of at least 4 members (excludes halogenated alkanes) is 1. The summed E-state index contributed by atoms with van der Waals surface area (Å²) in [6.07, 6.45) is 5.64. The lowest BCUT2D eigenvalue weighted by atomic mass is 9.94. The minimum Gasteiger partial charge on any atom is -0.494 e. The molecule has 1 aromatic heterocycles. The number of nitrogens with zero attached hydrogens (tertiary/aromatic N) is 2. The van der Waals surface area contributed by atoms with Crippen LogP contribution in [0.25, 0.3) is 0 Å². The Bertz CT molecular complexity index is 1010. The molecule has 0 bridgehead atoms. The molecule has 1 amide bonds. The number of nitrogens with one attached hydrogen (secondary N) is 1. The summed E-state index contributed by atoms with van der Waals surface area (Å²) in [6.45, 7) is 3.69. The van der Waals surface area contributed by atoms with Gasteiger partial charge in [-0.1, -0.05) is 48.0 Å². The van der Waals surface area contributed by atoms with Crippen molar-refractivity contribution in [3.8, 4) is 5.75 Å². The number of amides is 1. The minimum absolute atomic E-state index is 0.0242. The Balaban J connectivity index is 1.23. The molecule has 1 saturated heterocycles. The molecule has 34 heavy (non-hydrogen) atoms. The van der Waals surface area contributed by atoms with Crippen molar-refractivity contribution in [3.05, 3.63) is 95.3 Å². The van der Waals surface area contributed by atoms with Crippen molar-refractivity contribution in [2.75, 3.05) is 26.2 Å². The number of ether oxygens (including phenoxy) is 1. The number of carbonyl (C=O) groups is 1. The van der Waals surface area contributed by atoms with Crippen LogP contribution in [-0.2, 0) is 4.79 Å². The molecule has 0 radical (unpaired) electrons. The maximum atomic E-state index is 13.2. The van der Waals surface area contributed by atoms with Gasteiger partial charge in [0.2, 0.25) is 5.91 Å². The maximum absolute atomic E-state index is 13.2. The molecule has 1 unspecified atom stereocenters. The number of halogens is 1. The minimum atomic E-state index is -0.284. The van der Waals surface area contributed by atoms with Crippen molar-refractivity contribution < 1.29 is 9.53 Å². The molecule has 1 fully saturated rings. The van der Waals surface area contributed by atoms with E-state index >= 15 is 0 Å². The van der Waals surface area contributed by atoms with E-state index in [4.69, 9.17) is 16.3 Å². The second kappa shape index (κ2) is 12.5. The molecule has 1 atom stereocenters. The average Bonchev–Trinajstić information content (AvgIpc) is 2.89. The fourth-order valence-corrected chi connectivity index (χ4v) is 4.48. The first kappa shape index (κ1) is 24.2. The van der Waals surface area contributed by atoms with Crippen LogP contribution in [0, 0.1) is 5.92 Å². The van der Waals surface area contributed by atoms with E-state index in [0.29, 0.717) is 5.02 Å². The second-order valence-electron chi connectivity index (χ2n) is 8.73. The fraction of sp³-hybridized carbons (Fsp3) is 0.357. The molecule has 5 nitrogen and oxygen atoms in total. The van der Waals surface area contributed by atoms with Gasteiger partial charge in [0.05, 0.1) is 18.3 Å². The number of aromatic nitrogens is 1. The van der Waals surface area contributed by atoms with Gasteiger partial charge < -0.3 is 15.0 Å². The molecule has 3 aromatic rings. The predicted molar refractivity (Wildman–Crippen MR) is 136 cm³/mol. The first-order valence-electron chi connectivity index (χ1n) is 12.1. The lowest BCUT2D eigenvalue weighted by molar-refractivity contribution is -0.127. The fourth-order valence-electron chi connectivity index (χ4n) is 4.35. The summed E-state index contributed by atoms with van der Waals surface area (Å²) in [4.78, 5) is 20.1. The number of rotatable bonds is 10. The molecule has 0 aliphatic carbocycles. The van der Waals surface area contributed by atoms with Crippen LogP contribution >= 0.6 is 11.6 Å². The standard InChI is InChI=1S/C28H32ClN3O2/c29-24-13-11-22(12-14-24)27(26-10-4-5-17-30-26)31-28(33)23-15-19-32(20-16-23)18-6-7-21-34-25-8-2-1-3-9-25/h1-5,8-14,17,23,27H,6-7,15-16,18-21H2,(H,31,33). The Kier molecular flexibility index (Phi) is 8.94. The van der Waals surface area contributed by atoms with Crippen LogP contribution in [0.1, 0.15) is 43.0 Å². The van der Waals surface area contributed by atoms with Crippen molar-refractivity contribution in [2.45, 2.75) is 31.7 Å². The third-order valence-electron chi connectivity index (χ3n) is 6.31. The number of carbonyl (C=O) groups excluding carboxylic acids is 1. The Morgan fingerprint density at radius 2 is 1.74 bits per heavy atom. The number of hydrogen-bond donors (Lipinski definition) is 1. The van der Waals surface area contributed by atoms with E-state index in [0.717, 1.165) is 68.9 Å². The number of para-hydroxylation sites is 1. The maximum Gasteiger partial charge on any atom is 0.224 e. The van der Waals surface area contributed by atoms with Gasteiger partial charge in [-0.3, -0.25) is 9.78 Å². The summed E-state index contributed by atoms with van der Waals surface area (Å²) < 4.78 is 5.78. The van der Waals surface area contributed by atoms with Gasteiger partial charge in [-0.25, -0.2) is 0 Å². The summed E-state index contributed by atoms with van der Waals surface area (Å²) >= 11 is 6.07. The summed E-state index contributed by atoms with van der Waals surface area (Å²) in [5, 5.41) is 3.92. The molecule has 0 spiro atoms. The predicted octanol–water partition coefficient (Wildman–Crippen LogP) is 5.51. The SMILES string of the molecule is O=C(NC(c1ccc(Cl)cc1)c1ccccn1)C1CCN(CCCCOc2ccccc2)CC1. The zero-order valence-corrected chi connectivity index (χ0v) is 20.2. The molecule has 4 rings (SSSR count). The van der Waals surface area contributed by atoms with Crippen molar-refractivity contribution in [1.29, 1.82) is 0 Å². The number of hydrogen-bond acceptors (Lipinski definition) is 4. The van der Waals surface area contributed by atoms with E-state index < -0.39 is 0 Å². The topological polar surface area (TPSA) is 54.5 Å². The second-order valence-corrected chi connectivity index (χ2v) is 9.17. The highest BCUT2D eigenvalue weighted by atomic mass is 35.5. The molecule has 1 N–H and O–H groups in total. The molecule has 1 aliphatic heterocycles. The number of piperidine rings is 1. The Morgan fingerprint density at radius 3 is 2.44 bits per heavy atom. The lowest BCUT2D eigenvalue weighted by Crippen LogP contribution is -2.42. The molecule has 178 valence electrons. The van der Waals surface area contributed by atoms with Gasteiger partial charge in [0, 0.05) is 17.1 Å². The van der Waals surface area contributed by atoms with E-state index in [-0.39, 0.29) is 17.9 Å². The zero-order chi connectivity index (χ0) is 23.6. The van der Waals surface area contributed by atoms with E-state index in [9.17, 15) is 4.79 Å². The van der Waals surface area contributed by atoms with Gasteiger partial charge in [0.1, 0.15) is 5.75 Å². The average molecular weight is 478 g/mol. The van der Waals surface area contributed by atoms with Crippen molar-refractivity contribution in [2.24, 2.45) is 5.92 Å². The first-order chi connectivity index (χ1) is 16.7. The molecule has 2 heterocycles. The van der Waals surface area contributed by atoms with E-state index in [2.05, 4.69) is 15.2 Å². The molecule has 6 heteroatoms. The van der Waals surface area contributed by atoms with Gasteiger partial charge in [0.15, 0.2) is 0 Å². The largest absolute Gasteiger partial charge is 0.494 e.